The first kappa shape index (κ1) is 18.7. The highest BCUT2D eigenvalue weighted by Crippen LogP contribution is 2.50. The van der Waals surface area contributed by atoms with Crippen LogP contribution in [0, 0.1) is 5.92 Å². The number of rotatable bonds is 5. The lowest BCUT2D eigenvalue weighted by molar-refractivity contribution is -0.139. The maximum absolute atomic E-state index is 12.7. The fraction of sp³-hybridized carbons (Fsp3) is 0.381. The predicted octanol–water partition coefficient (Wildman–Crippen LogP) is 3.46. The minimum atomic E-state index is 0.0623. The molecule has 1 aliphatic heterocycles. The molecule has 1 aliphatic carbocycles. The Morgan fingerprint density at radius 1 is 1.10 bits per heavy atom. The van der Waals surface area contributed by atoms with E-state index in [0.717, 1.165) is 17.5 Å². The summed E-state index contributed by atoms with van der Waals surface area (Å²) in [6.45, 7) is 2.42. The van der Waals surface area contributed by atoms with Gasteiger partial charge in [0.05, 0.1) is 5.75 Å². The summed E-state index contributed by atoms with van der Waals surface area (Å²) in [5.74, 6) is 1.13. The van der Waals surface area contributed by atoms with Gasteiger partial charge >= 0.3 is 0 Å². The van der Waals surface area contributed by atoms with Crippen molar-refractivity contribution in [2.24, 2.45) is 5.92 Å². The quantitative estimate of drug-likeness (QED) is 0.584. The Kier molecular flexibility index (Phi) is 5.05. The molecule has 150 valence electrons. The number of hydrogen-bond acceptors (Lipinski definition) is 6. The average Bonchev–Trinajstić information content (AvgIpc) is 3.16. The molecule has 2 aliphatic rings. The van der Waals surface area contributed by atoms with Crippen LogP contribution in [0.4, 0.5) is 0 Å². The van der Waals surface area contributed by atoms with Crippen molar-refractivity contribution in [3.63, 3.8) is 0 Å². The lowest BCUT2D eigenvalue weighted by atomic mass is 10.2. The van der Waals surface area contributed by atoms with Gasteiger partial charge in [-0.05, 0) is 30.0 Å². The van der Waals surface area contributed by atoms with Gasteiger partial charge in [0, 0.05) is 42.9 Å². The van der Waals surface area contributed by atoms with Crippen LogP contribution in [0.15, 0.2) is 51.4 Å². The zero-order valence-corrected chi connectivity index (χ0v) is 17.5. The highest BCUT2D eigenvalue weighted by Gasteiger charge is 2.46. The third-order valence-corrected chi connectivity index (χ3v) is 7.37. The minimum Gasteiger partial charge on any atom is -0.431 e. The molecule has 1 saturated carbocycles. The lowest BCUT2D eigenvalue weighted by Crippen LogP contribution is -2.51. The predicted molar refractivity (Wildman–Crippen MR) is 113 cm³/mol. The van der Waals surface area contributed by atoms with E-state index >= 15 is 0 Å². The zero-order chi connectivity index (χ0) is 19.8. The highest BCUT2D eigenvalue weighted by atomic mass is 32.2. The summed E-state index contributed by atoms with van der Waals surface area (Å²) in [7, 11) is 0. The Morgan fingerprint density at radius 3 is 2.66 bits per heavy atom. The van der Waals surface area contributed by atoms with Crippen molar-refractivity contribution in [3.8, 4) is 0 Å². The smallest absolute Gasteiger partial charge is 0.257 e. The maximum atomic E-state index is 12.7. The first-order chi connectivity index (χ1) is 14.2. The van der Waals surface area contributed by atoms with E-state index < -0.39 is 0 Å². The summed E-state index contributed by atoms with van der Waals surface area (Å²) in [6.07, 6.45) is 0.958. The van der Waals surface area contributed by atoms with E-state index in [2.05, 4.69) is 16.4 Å². The molecule has 2 amide bonds. The molecule has 3 aromatic rings. The summed E-state index contributed by atoms with van der Waals surface area (Å²) in [4.78, 5) is 34.8. The third kappa shape index (κ3) is 3.91. The molecule has 0 spiro atoms. The number of hydrogen-bond donors (Lipinski definition) is 0. The van der Waals surface area contributed by atoms with Crippen LogP contribution < -0.4 is 0 Å². The van der Waals surface area contributed by atoms with Gasteiger partial charge in [0.2, 0.25) is 11.8 Å². The standard InChI is InChI=1S/C21H21N3O3S2/c25-19(13-29-21-22-16-4-1-2-5-17(16)27-21)23-7-9-24(10-8-23)20(26)15-12-14(15)18-6-3-11-28-18/h1-6,11,14-15H,7-10,12-13H2/t14-,15-/m0/s1. The number of piperazine rings is 1. The first-order valence-corrected chi connectivity index (χ1v) is 11.6. The third-order valence-electron chi connectivity index (χ3n) is 5.55. The number of oxazole rings is 1. The van der Waals surface area contributed by atoms with E-state index in [1.165, 1.54) is 16.6 Å². The second kappa shape index (κ2) is 7.84. The molecular formula is C21H21N3O3S2. The van der Waals surface area contributed by atoms with Gasteiger partial charge in [-0.3, -0.25) is 9.59 Å². The number of benzene rings is 1. The number of thiophene rings is 1. The SMILES string of the molecule is O=C(CSc1nc2ccccc2o1)N1CCN(C(=O)[C@H]2C[C@@H]2c2cccs2)CC1. The van der Waals surface area contributed by atoms with Crippen LogP contribution in [0.2, 0.25) is 0 Å². The van der Waals surface area contributed by atoms with E-state index in [4.69, 9.17) is 4.42 Å². The molecule has 0 unspecified atom stereocenters. The van der Waals surface area contributed by atoms with Crippen LogP contribution in [0.25, 0.3) is 11.1 Å². The second-order valence-electron chi connectivity index (χ2n) is 7.41. The number of amides is 2. The van der Waals surface area contributed by atoms with E-state index in [1.54, 1.807) is 11.3 Å². The van der Waals surface area contributed by atoms with Gasteiger partial charge in [-0.1, -0.05) is 30.0 Å². The monoisotopic (exact) mass is 427 g/mol. The first-order valence-electron chi connectivity index (χ1n) is 9.77. The number of nitrogens with zero attached hydrogens (tertiary/aromatic N) is 3. The molecule has 2 aromatic heterocycles. The minimum absolute atomic E-state index is 0.0623. The molecule has 6 nitrogen and oxygen atoms in total. The Bertz CT molecular complexity index is 992. The van der Waals surface area contributed by atoms with Gasteiger partial charge in [0.1, 0.15) is 5.52 Å². The van der Waals surface area contributed by atoms with Gasteiger partial charge < -0.3 is 14.2 Å². The maximum Gasteiger partial charge on any atom is 0.257 e. The molecule has 8 heteroatoms. The Hall–Kier alpha value is -2.32. The van der Waals surface area contributed by atoms with Gasteiger partial charge in [-0.25, -0.2) is 4.98 Å². The lowest BCUT2D eigenvalue weighted by Gasteiger charge is -2.35. The van der Waals surface area contributed by atoms with Crippen LogP contribution in [-0.4, -0.2) is 58.5 Å². The number of thioether (sulfide) groups is 1. The fourth-order valence-corrected chi connectivity index (χ4v) is 5.47. The summed E-state index contributed by atoms with van der Waals surface area (Å²) >= 11 is 3.05. The number of fused-ring (bicyclic) bond motifs is 1. The van der Waals surface area contributed by atoms with Crippen LogP contribution in [-0.2, 0) is 9.59 Å². The van der Waals surface area contributed by atoms with Crippen molar-refractivity contribution in [1.82, 2.24) is 14.8 Å². The van der Waals surface area contributed by atoms with Gasteiger partial charge in [0.15, 0.2) is 5.58 Å². The molecule has 0 radical (unpaired) electrons. The van der Waals surface area contributed by atoms with Crippen molar-refractivity contribution in [1.29, 1.82) is 0 Å². The molecule has 0 N–H and O–H groups in total. The summed E-state index contributed by atoms with van der Waals surface area (Å²) in [6, 6.07) is 11.7. The molecule has 3 heterocycles. The van der Waals surface area contributed by atoms with Crippen molar-refractivity contribution in [3.05, 3.63) is 46.7 Å². The molecule has 1 saturated heterocycles. The zero-order valence-electron chi connectivity index (χ0n) is 15.8. The van der Waals surface area contributed by atoms with Gasteiger partial charge in [-0.2, -0.15) is 0 Å². The number of carbonyl (C=O) groups excluding carboxylic acids is 2. The highest BCUT2D eigenvalue weighted by molar-refractivity contribution is 7.99. The van der Waals surface area contributed by atoms with E-state index in [-0.39, 0.29) is 17.7 Å². The Morgan fingerprint density at radius 2 is 1.90 bits per heavy atom. The van der Waals surface area contributed by atoms with Crippen molar-refractivity contribution in [2.75, 3.05) is 31.9 Å². The summed E-state index contributed by atoms with van der Waals surface area (Å²) in [5.41, 5.74) is 1.53. The molecule has 29 heavy (non-hydrogen) atoms. The summed E-state index contributed by atoms with van der Waals surface area (Å²) in [5, 5.41) is 2.58. The van der Waals surface area contributed by atoms with Gasteiger partial charge in [-0.15, -0.1) is 11.3 Å². The van der Waals surface area contributed by atoms with E-state index in [1.807, 2.05) is 40.1 Å². The normalized spacial score (nSPS) is 21.5. The topological polar surface area (TPSA) is 66.7 Å². The molecule has 2 atom stereocenters. The number of para-hydroxylation sites is 2. The number of carbonyl (C=O) groups is 2. The van der Waals surface area contributed by atoms with Crippen molar-refractivity contribution >= 4 is 46.0 Å². The van der Waals surface area contributed by atoms with Crippen LogP contribution in [0.3, 0.4) is 0 Å². The van der Waals surface area contributed by atoms with Gasteiger partial charge in [0.25, 0.3) is 5.22 Å². The molecule has 2 fully saturated rings. The summed E-state index contributed by atoms with van der Waals surface area (Å²) < 4.78 is 5.66. The number of aromatic nitrogens is 1. The van der Waals surface area contributed by atoms with E-state index in [0.29, 0.717) is 43.1 Å². The Labute approximate surface area is 176 Å². The van der Waals surface area contributed by atoms with E-state index in [9.17, 15) is 9.59 Å². The molecule has 5 rings (SSSR count). The average molecular weight is 428 g/mol. The largest absolute Gasteiger partial charge is 0.431 e. The molecular weight excluding hydrogens is 406 g/mol. The Balaban J connectivity index is 1.10. The fourth-order valence-electron chi connectivity index (χ4n) is 3.82. The second-order valence-corrected chi connectivity index (χ2v) is 9.31. The molecule has 1 aromatic carbocycles. The van der Waals surface area contributed by atoms with Crippen molar-refractivity contribution < 1.29 is 14.0 Å². The van der Waals surface area contributed by atoms with Crippen LogP contribution in [0.5, 0.6) is 0 Å². The van der Waals surface area contributed by atoms with Crippen LogP contribution in [0.1, 0.15) is 17.2 Å². The van der Waals surface area contributed by atoms with Crippen LogP contribution >= 0.6 is 23.1 Å². The van der Waals surface area contributed by atoms with Crippen molar-refractivity contribution in [2.45, 2.75) is 17.6 Å². The molecule has 0 bridgehead atoms.